The Bertz CT molecular complexity index is 856. The second-order valence-electron chi connectivity index (χ2n) is 5.81. The zero-order valence-corrected chi connectivity index (χ0v) is 13.8. The van der Waals surface area contributed by atoms with Gasteiger partial charge in [0.05, 0.1) is 17.6 Å². The standard InChI is InChI=1S/C18H20N4O/c1-12-9-21(4)10-17(12)18(23)20-15-5-7-16(8-6-15)22-11-19-13(2)14(22)3/h5-11H,1-4H3,(H,20,23). The van der Waals surface area contributed by atoms with Crippen LogP contribution in [0.1, 0.15) is 27.3 Å². The molecule has 0 aliphatic rings. The summed E-state index contributed by atoms with van der Waals surface area (Å²) in [7, 11) is 1.91. The molecule has 0 unspecified atom stereocenters. The van der Waals surface area contributed by atoms with Gasteiger partial charge in [-0.05, 0) is 50.6 Å². The summed E-state index contributed by atoms with van der Waals surface area (Å²) < 4.78 is 3.92. The molecule has 0 radical (unpaired) electrons. The summed E-state index contributed by atoms with van der Waals surface area (Å²) >= 11 is 0. The molecule has 2 heterocycles. The Kier molecular flexibility index (Phi) is 3.78. The minimum atomic E-state index is -0.0921. The van der Waals surface area contributed by atoms with Crippen molar-refractivity contribution in [2.75, 3.05) is 5.32 Å². The number of aryl methyl sites for hydroxylation is 3. The molecule has 0 bridgehead atoms. The highest BCUT2D eigenvalue weighted by Gasteiger charge is 2.11. The third kappa shape index (κ3) is 2.90. The number of imidazole rings is 1. The lowest BCUT2D eigenvalue weighted by atomic mass is 10.2. The predicted molar refractivity (Wildman–Crippen MR) is 91.1 cm³/mol. The zero-order chi connectivity index (χ0) is 16.6. The lowest BCUT2D eigenvalue weighted by Gasteiger charge is -2.08. The Balaban J connectivity index is 1.79. The van der Waals surface area contributed by atoms with Crippen molar-refractivity contribution in [1.29, 1.82) is 0 Å². The maximum atomic E-state index is 12.3. The molecule has 1 aromatic carbocycles. The number of aromatic nitrogens is 3. The van der Waals surface area contributed by atoms with Crippen LogP contribution in [0.4, 0.5) is 5.69 Å². The molecule has 1 N–H and O–H groups in total. The summed E-state index contributed by atoms with van der Waals surface area (Å²) in [6.07, 6.45) is 5.57. The monoisotopic (exact) mass is 308 g/mol. The number of amides is 1. The van der Waals surface area contributed by atoms with Gasteiger partial charge in [-0.3, -0.25) is 4.79 Å². The molecule has 3 aromatic rings. The first-order valence-corrected chi connectivity index (χ1v) is 7.50. The maximum absolute atomic E-state index is 12.3. The molecule has 0 saturated carbocycles. The Labute approximate surface area is 135 Å². The quantitative estimate of drug-likeness (QED) is 0.806. The van der Waals surface area contributed by atoms with E-state index in [1.807, 2.05) is 79.9 Å². The summed E-state index contributed by atoms with van der Waals surface area (Å²) in [5.41, 5.74) is 5.58. The van der Waals surface area contributed by atoms with Gasteiger partial charge in [0, 0.05) is 36.5 Å². The third-order valence-corrected chi connectivity index (χ3v) is 4.05. The summed E-state index contributed by atoms with van der Waals surface area (Å²) in [6.45, 7) is 5.96. The molecule has 0 saturated heterocycles. The van der Waals surface area contributed by atoms with Crippen LogP contribution in [-0.2, 0) is 7.05 Å². The van der Waals surface area contributed by atoms with E-state index in [4.69, 9.17) is 0 Å². The van der Waals surface area contributed by atoms with Gasteiger partial charge in [-0.25, -0.2) is 4.98 Å². The van der Waals surface area contributed by atoms with Crippen molar-refractivity contribution < 1.29 is 4.79 Å². The minimum absolute atomic E-state index is 0.0921. The molecule has 0 aliphatic carbocycles. The van der Waals surface area contributed by atoms with Gasteiger partial charge in [-0.2, -0.15) is 0 Å². The van der Waals surface area contributed by atoms with Crippen molar-refractivity contribution in [1.82, 2.24) is 14.1 Å². The summed E-state index contributed by atoms with van der Waals surface area (Å²) in [5, 5.41) is 2.93. The van der Waals surface area contributed by atoms with Crippen LogP contribution >= 0.6 is 0 Å². The average Bonchev–Trinajstić information content (AvgIpc) is 3.03. The van der Waals surface area contributed by atoms with Crippen molar-refractivity contribution in [3.05, 3.63) is 65.5 Å². The van der Waals surface area contributed by atoms with Gasteiger partial charge in [-0.15, -0.1) is 0 Å². The molecule has 0 aliphatic heterocycles. The number of carbonyl (C=O) groups is 1. The topological polar surface area (TPSA) is 51.9 Å². The lowest BCUT2D eigenvalue weighted by Crippen LogP contribution is -2.12. The molecule has 1 amide bonds. The first-order chi connectivity index (χ1) is 11.0. The highest BCUT2D eigenvalue weighted by molar-refractivity contribution is 6.05. The van der Waals surface area contributed by atoms with Gasteiger partial charge in [0.25, 0.3) is 5.91 Å². The Morgan fingerprint density at radius 1 is 1.09 bits per heavy atom. The van der Waals surface area contributed by atoms with Crippen LogP contribution in [0.3, 0.4) is 0 Å². The largest absolute Gasteiger partial charge is 0.356 e. The molecule has 23 heavy (non-hydrogen) atoms. The molecule has 0 fully saturated rings. The van der Waals surface area contributed by atoms with E-state index in [0.717, 1.165) is 28.3 Å². The van der Waals surface area contributed by atoms with Crippen molar-refractivity contribution in [2.45, 2.75) is 20.8 Å². The van der Waals surface area contributed by atoms with Crippen LogP contribution in [0.5, 0.6) is 0 Å². The van der Waals surface area contributed by atoms with Crippen molar-refractivity contribution in [3.63, 3.8) is 0 Å². The highest BCUT2D eigenvalue weighted by atomic mass is 16.1. The van der Waals surface area contributed by atoms with Gasteiger partial charge in [0.15, 0.2) is 0 Å². The molecule has 118 valence electrons. The van der Waals surface area contributed by atoms with E-state index < -0.39 is 0 Å². The van der Waals surface area contributed by atoms with E-state index in [1.54, 1.807) is 0 Å². The van der Waals surface area contributed by atoms with Crippen molar-refractivity contribution in [2.24, 2.45) is 7.05 Å². The summed E-state index contributed by atoms with van der Waals surface area (Å²) in [5.74, 6) is -0.0921. The fourth-order valence-corrected chi connectivity index (χ4v) is 2.62. The SMILES string of the molecule is Cc1cn(C)cc1C(=O)Nc1ccc(-n2cnc(C)c2C)cc1. The third-order valence-electron chi connectivity index (χ3n) is 4.05. The second-order valence-corrected chi connectivity index (χ2v) is 5.81. The highest BCUT2D eigenvalue weighted by Crippen LogP contribution is 2.18. The molecule has 5 nitrogen and oxygen atoms in total. The molecule has 3 rings (SSSR count). The van der Waals surface area contributed by atoms with E-state index >= 15 is 0 Å². The van der Waals surface area contributed by atoms with Crippen LogP contribution < -0.4 is 5.32 Å². The number of anilines is 1. The predicted octanol–water partition coefficient (Wildman–Crippen LogP) is 3.39. The number of benzene rings is 1. The summed E-state index contributed by atoms with van der Waals surface area (Å²) in [6, 6.07) is 7.75. The van der Waals surface area contributed by atoms with E-state index in [-0.39, 0.29) is 5.91 Å². The maximum Gasteiger partial charge on any atom is 0.257 e. The fraction of sp³-hybridized carbons (Fsp3) is 0.222. The number of rotatable bonds is 3. The Hall–Kier alpha value is -2.82. The number of nitrogens with one attached hydrogen (secondary N) is 1. The number of hydrogen-bond acceptors (Lipinski definition) is 2. The minimum Gasteiger partial charge on any atom is -0.356 e. The Morgan fingerprint density at radius 3 is 2.30 bits per heavy atom. The molecule has 0 atom stereocenters. The fourth-order valence-electron chi connectivity index (χ4n) is 2.62. The van der Waals surface area contributed by atoms with Crippen LogP contribution in [0.15, 0.2) is 43.0 Å². The molecular weight excluding hydrogens is 288 g/mol. The van der Waals surface area contributed by atoms with E-state index in [0.29, 0.717) is 5.56 Å². The molecule has 0 spiro atoms. The van der Waals surface area contributed by atoms with Gasteiger partial charge in [-0.1, -0.05) is 0 Å². The van der Waals surface area contributed by atoms with Crippen LogP contribution in [0, 0.1) is 20.8 Å². The summed E-state index contributed by atoms with van der Waals surface area (Å²) in [4.78, 5) is 16.6. The van der Waals surface area contributed by atoms with E-state index in [1.165, 1.54) is 0 Å². The number of carbonyl (C=O) groups excluding carboxylic acids is 1. The zero-order valence-electron chi connectivity index (χ0n) is 13.8. The normalized spacial score (nSPS) is 10.8. The van der Waals surface area contributed by atoms with E-state index in [2.05, 4.69) is 10.3 Å². The smallest absolute Gasteiger partial charge is 0.257 e. The van der Waals surface area contributed by atoms with Gasteiger partial charge in [0.1, 0.15) is 0 Å². The molecule has 2 aromatic heterocycles. The molecular formula is C18H20N4O. The van der Waals surface area contributed by atoms with Crippen LogP contribution in [0.2, 0.25) is 0 Å². The number of nitrogens with zero attached hydrogens (tertiary/aromatic N) is 3. The Morgan fingerprint density at radius 2 is 1.78 bits per heavy atom. The lowest BCUT2D eigenvalue weighted by molar-refractivity contribution is 0.102. The first kappa shape index (κ1) is 15.1. The van der Waals surface area contributed by atoms with Crippen LogP contribution in [-0.4, -0.2) is 20.0 Å². The molecule has 5 heteroatoms. The van der Waals surface area contributed by atoms with Gasteiger partial charge in [0.2, 0.25) is 0 Å². The van der Waals surface area contributed by atoms with Crippen molar-refractivity contribution in [3.8, 4) is 5.69 Å². The number of hydrogen-bond donors (Lipinski definition) is 1. The van der Waals surface area contributed by atoms with Gasteiger partial charge < -0.3 is 14.5 Å². The second kappa shape index (κ2) is 5.76. The van der Waals surface area contributed by atoms with Crippen molar-refractivity contribution >= 4 is 11.6 Å². The average molecular weight is 308 g/mol. The van der Waals surface area contributed by atoms with E-state index in [9.17, 15) is 4.79 Å². The van der Waals surface area contributed by atoms with Gasteiger partial charge >= 0.3 is 0 Å². The van der Waals surface area contributed by atoms with Crippen LogP contribution in [0.25, 0.3) is 5.69 Å². The first-order valence-electron chi connectivity index (χ1n) is 7.50.